The highest BCUT2D eigenvalue weighted by Crippen LogP contribution is 2.31. The second kappa shape index (κ2) is 6.44. The molecule has 2 heterocycles. The lowest BCUT2D eigenvalue weighted by Crippen LogP contribution is -2.15. The maximum atomic E-state index is 11.9. The summed E-state index contributed by atoms with van der Waals surface area (Å²) in [6.07, 6.45) is 3.11. The number of aryl methyl sites for hydroxylation is 1. The van der Waals surface area contributed by atoms with Crippen molar-refractivity contribution in [1.29, 1.82) is 0 Å². The molecule has 1 unspecified atom stereocenters. The van der Waals surface area contributed by atoms with Crippen LogP contribution < -0.4 is 11.1 Å². The van der Waals surface area contributed by atoms with E-state index in [-0.39, 0.29) is 17.7 Å². The lowest BCUT2D eigenvalue weighted by Gasteiger charge is -2.10. The van der Waals surface area contributed by atoms with Gasteiger partial charge in [-0.1, -0.05) is 13.8 Å². The molecule has 124 valence electrons. The van der Waals surface area contributed by atoms with E-state index in [0.717, 1.165) is 45.8 Å². The largest absolute Gasteiger partial charge is 0.370 e. The van der Waals surface area contributed by atoms with Gasteiger partial charge in [-0.05, 0) is 55.9 Å². The smallest absolute Gasteiger partial charge is 0.251 e. The summed E-state index contributed by atoms with van der Waals surface area (Å²) in [5.74, 6) is -0.263. The number of carbonyl (C=O) groups excluding carboxylic acids is 2. The van der Waals surface area contributed by atoms with Crippen molar-refractivity contribution in [3.05, 3.63) is 39.4 Å². The molecular formula is C18H25N3O2. The average Bonchev–Trinajstić information content (AvgIpc) is 2.87. The van der Waals surface area contributed by atoms with E-state index in [0.29, 0.717) is 6.42 Å². The molecule has 0 aromatic carbocycles. The number of nitrogens with two attached hydrogens (primary N) is 1. The molecule has 0 bridgehead atoms. The van der Waals surface area contributed by atoms with Crippen molar-refractivity contribution in [2.45, 2.75) is 53.4 Å². The molecule has 0 aliphatic carbocycles. The first kappa shape index (κ1) is 17.1. The van der Waals surface area contributed by atoms with Gasteiger partial charge in [0.25, 0.3) is 5.91 Å². The number of amides is 2. The van der Waals surface area contributed by atoms with Crippen LogP contribution in [-0.4, -0.2) is 16.8 Å². The highest BCUT2D eigenvalue weighted by atomic mass is 16.2. The molecule has 23 heavy (non-hydrogen) atoms. The average molecular weight is 315 g/mol. The molecule has 5 heteroatoms. The van der Waals surface area contributed by atoms with Gasteiger partial charge in [-0.2, -0.15) is 0 Å². The third kappa shape index (κ3) is 3.23. The van der Waals surface area contributed by atoms with Crippen LogP contribution in [0.3, 0.4) is 0 Å². The van der Waals surface area contributed by atoms with E-state index in [9.17, 15) is 9.59 Å². The Hall–Kier alpha value is -2.30. The maximum Gasteiger partial charge on any atom is 0.251 e. The van der Waals surface area contributed by atoms with Crippen molar-refractivity contribution in [3.63, 3.8) is 0 Å². The van der Waals surface area contributed by atoms with Gasteiger partial charge in [0.05, 0.1) is 0 Å². The summed E-state index contributed by atoms with van der Waals surface area (Å²) in [5.41, 5.74) is 12.2. The standard InChI is InChI=1S/C18H25N3O2/c1-6-13-10(3)18(23)21-15(13)8-14-11(4)17(12(5)20-14)9(2)7-16(19)22/h8-9,20H,6-7H2,1-5H3,(H2,19,22)(H,21,23)/b15-8-. The molecule has 0 saturated heterocycles. The van der Waals surface area contributed by atoms with E-state index < -0.39 is 0 Å². The Bertz CT molecular complexity index is 723. The van der Waals surface area contributed by atoms with Crippen LogP contribution in [0, 0.1) is 13.8 Å². The van der Waals surface area contributed by atoms with Crippen LogP contribution in [-0.2, 0) is 9.59 Å². The molecule has 1 aliphatic heterocycles. The Balaban J connectivity index is 2.42. The molecule has 1 aliphatic rings. The molecule has 1 aromatic rings. The van der Waals surface area contributed by atoms with Crippen molar-refractivity contribution < 1.29 is 9.59 Å². The van der Waals surface area contributed by atoms with Gasteiger partial charge < -0.3 is 16.0 Å². The number of allylic oxidation sites excluding steroid dienone is 1. The maximum absolute atomic E-state index is 11.9. The number of aromatic nitrogens is 1. The van der Waals surface area contributed by atoms with E-state index in [4.69, 9.17) is 5.73 Å². The third-order valence-corrected chi connectivity index (χ3v) is 4.54. The van der Waals surface area contributed by atoms with E-state index in [2.05, 4.69) is 10.3 Å². The van der Waals surface area contributed by atoms with Crippen LogP contribution in [0.2, 0.25) is 0 Å². The first-order valence-electron chi connectivity index (χ1n) is 7.96. The van der Waals surface area contributed by atoms with Gasteiger partial charge in [0.2, 0.25) is 5.91 Å². The quantitative estimate of drug-likeness (QED) is 0.780. The fraction of sp³-hybridized carbons (Fsp3) is 0.444. The summed E-state index contributed by atoms with van der Waals surface area (Å²) in [6.45, 7) is 9.92. The number of aromatic amines is 1. The zero-order valence-electron chi connectivity index (χ0n) is 14.5. The van der Waals surface area contributed by atoms with Gasteiger partial charge in [0.15, 0.2) is 0 Å². The summed E-state index contributed by atoms with van der Waals surface area (Å²) in [6, 6.07) is 0. The molecule has 4 N–H and O–H groups in total. The van der Waals surface area contributed by atoms with Crippen LogP contribution in [0.25, 0.3) is 6.08 Å². The first-order valence-corrected chi connectivity index (χ1v) is 7.96. The number of hydrogen-bond acceptors (Lipinski definition) is 2. The molecule has 0 fully saturated rings. The van der Waals surface area contributed by atoms with Gasteiger partial charge >= 0.3 is 0 Å². The Morgan fingerprint density at radius 1 is 1.30 bits per heavy atom. The third-order valence-electron chi connectivity index (χ3n) is 4.54. The fourth-order valence-electron chi connectivity index (χ4n) is 3.43. The van der Waals surface area contributed by atoms with Crippen LogP contribution in [0.5, 0.6) is 0 Å². The second-order valence-electron chi connectivity index (χ2n) is 6.24. The summed E-state index contributed by atoms with van der Waals surface area (Å²) >= 11 is 0. The Labute approximate surface area is 137 Å². The highest BCUT2D eigenvalue weighted by molar-refractivity contribution is 6.00. The summed E-state index contributed by atoms with van der Waals surface area (Å²) in [4.78, 5) is 26.4. The number of carbonyl (C=O) groups is 2. The van der Waals surface area contributed by atoms with Crippen LogP contribution >= 0.6 is 0 Å². The zero-order valence-corrected chi connectivity index (χ0v) is 14.5. The summed E-state index contributed by atoms with van der Waals surface area (Å²) < 4.78 is 0. The van der Waals surface area contributed by atoms with Crippen LogP contribution in [0.15, 0.2) is 16.8 Å². The van der Waals surface area contributed by atoms with Crippen LogP contribution in [0.4, 0.5) is 0 Å². The normalized spacial score (nSPS) is 17.8. The molecule has 2 rings (SSSR count). The van der Waals surface area contributed by atoms with Crippen molar-refractivity contribution in [2.75, 3.05) is 0 Å². The Morgan fingerprint density at radius 3 is 2.52 bits per heavy atom. The molecule has 5 nitrogen and oxygen atoms in total. The number of primary amides is 1. The highest BCUT2D eigenvalue weighted by Gasteiger charge is 2.24. The molecule has 0 spiro atoms. The summed E-state index contributed by atoms with van der Waals surface area (Å²) in [7, 11) is 0. The number of nitrogens with one attached hydrogen (secondary N) is 2. The zero-order chi connectivity index (χ0) is 17.3. The van der Waals surface area contributed by atoms with Gasteiger partial charge in [0, 0.05) is 29.1 Å². The number of hydrogen-bond donors (Lipinski definition) is 3. The molecular weight excluding hydrogens is 290 g/mol. The van der Waals surface area contributed by atoms with Gasteiger partial charge in [-0.25, -0.2) is 0 Å². The van der Waals surface area contributed by atoms with Crippen molar-refractivity contribution >= 4 is 17.9 Å². The van der Waals surface area contributed by atoms with Crippen molar-refractivity contribution in [1.82, 2.24) is 10.3 Å². The fourth-order valence-corrected chi connectivity index (χ4v) is 3.43. The minimum absolute atomic E-state index is 0.0312. The topological polar surface area (TPSA) is 88.0 Å². The summed E-state index contributed by atoms with van der Waals surface area (Å²) in [5, 5.41) is 2.92. The van der Waals surface area contributed by atoms with E-state index in [1.54, 1.807) is 0 Å². The van der Waals surface area contributed by atoms with Crippen LogP contribution in [0.1, 0.15) is 62.0 Å². The first-order chi connectivity index (χ1) is 10.8. The minimum atomic E-state index is -0.299. The van der Waals surface area contributed by atoms with Crippen molar-refractivity contribution in [3.8, 4) is 0 Å². The number of H-pyrrole nitrogens is 1. The lowest BCUT2D eigenvalue weighted by atomic mass is 9.93. The molecule has 0 saturated carbocycles. The van der Waals surface area contributed by atoms with E-state index in [1.807, 2.05) is 40.7 Å². The molecule has 0 radical (unpaired) electrons. The molecule has 1 aromatic heterocycles. The lowest BCUT2D eigenvalue weighted by molar-refractivity contribution is -0.118. The van der Waals surface area contributed by atoms with E-state index in [1.165, 1.54) is 0 Å². The SMILES string of the molecule is CCC1=C(C)C(=O)N/C1=C\c1[nH]c(C)c(C(C)CC(N)=O)c1C. The van der Waals surface area contributed by atoms with E-state index >= 15 is 0 Å². The second-order valence-corrected chi connectivity index (χ2v) is 6.24. The van der Waals surface area contributed by atoms with Gasteiger partial charge in [-0.3, -0.25) is 9.59 Å². The Kier molecular flexibility index (Phi) is 4.78. The minimum Gasteiger partial charge on any atom is -0.370 e. The predicted molar refractivity (Wildman–Crippen MR) is 91.6 cm³/mol. The van der Waals surface area contributed by atoms with Gasteiger partial charge in [-0.15, -0.1) is 0 Å². The molecule has 1 atom stereocenters. The number of rotatable bonds is 5. The predicted octanol–water partition coefficient (Wildman–Crippen LogP) is 2.81. The van der Waals surface area contributed by atoms with Crippen molar-refractivity contribution in [2.24, 2.45) is 5.73 Å². The molecule has 2 amide bonds. The Morgan fingerprint density at radius 2 is 1.96 bits per heavy atom. The van der Waals surface area contributed by atoms with Gasteiger partial charge in [0.1, 0.15) is 0 Å². The monoisotopic (exact) mass is 315 g/mol.